The van der Waals surface area contributed by atoms with Crippen molar-refractivity contribution in [2.75, 3.05) is 24.6 Å². The maximum Gasteiger partial charge on any atom is 0.453 e. The highest BCUT2D eigenvalue weighted by Gasteiger charge is 2.61. The maximum absolute atomic E-state index is 13.1. The van der Waals surface area contributed by atoms with Crippen LogP contribution in [0.25, 0.3) is 0 Å². The lowest BCUT2D eigenvalue weighted by Crippen LogP contribution is -2.51. The van der Waals surface area contributed by atoms with Gasteiger partial charge in [0.25, 0.3) is 0 Å². The lowest BCUT2D eigenvalue weighted by molar-refractivity contribution is -0.284. The van der Waals surface area contributed by atoms with Crippen LogP contribution >= 0.6 is 11.8 Å². The van der Waals surface area contributed by atoms with Crippen LogP contribution in [-0.2, 0) is 6.42 Å². The summed E-state index contributed by atoms with van der Waals surface area (Å²) in [6, 6.07) is 6.35. The minimum Gasteiger partial charge on any atom is -0.508 e. The molecule has 43 heavy (non-hydrogen) atoms. The number of halogens is 5. The second-order valence-corrected chi connectivity index (χ2v) is 15.6. The number of benzene rings is 1. The molecule has 0 bridgehead atoms. The van der Waals surface area contributed by atoms with E-state index in [0.717, 1.165) is 89.5 Å². The molecule has 5 rings (SSSR count). The van der Waals surface area contributed by atoms with E-state index in [2.05, 4.69) is 17.9 Å². The van der Waals surface area contributed by atoms with E-state index in [4.69, 9.17) is 0 Å². The van der Waals surface area contributed by atoms with Gasteiger partial charge in [-0.15, -0.1) is 0 Å². The van der Waals surface area contributed by atoms with Gasteiger partial charge in [0.1, 0.15) is 5.75 Å². The number of rotatable bonds is 12. The van der Waals surface area contributed by atoms with Gasteiger partial charge in [-0.05, 0) is 142 Å². The molecule has 0 spiro atoms. The molecule has 0 amide bonds. The number of phenols is 1. The van der Waals surface area contributed by atoms with Crippen molar-refractivity contribution in [3.63, 3.8) is 0 Å². The van der Waals surface area contributed by atoms with Crippen molar-refractivity contribution in [3.05, 3.63) is 29.3 Å². The molecule has 2 saturated carbocycles. The minimum absolute atomic E-state index is 0.0389. The summed E-state index contributed by atoms with van der Waals surface area (Å²) in [4.78, 5) is 2.49. The number of thioether (sulfide) groups is 1. The van der Waals surface area contributed by atoms with Crippen LogP contribution < -0.4 is 0 Å². The molecular formula is C34H50F5NO2S. The smallest absolute Gasteiger partial charge is 0.453 e. The first kappa shape index (κ1) is 33.3. The van der Waals surface area contributed by atoms with Crippen molar-refractivity contribution in [2.45, 2.75) is 127 Å². The fourth-order valence-corrected chi connectivity index (χ4v) is 10.5. The molecule has 0 aromatic heterocycles. The first-order valence-corrected chi connectivity index (χ1v) is 17.7. The Labute approximate surface area is 258 Å². The molecule has 1 aromatic carbocycles. The highest BCUT2D eigenvalue weighted by atomic mass is 32.2. The standard InChI is InChI=1S/C34H50F5NO2S/c1-31-15-12-28-27-11-10-26(41)21-24(27)20-23(30(28)29(31)13-16-32(31,2)42)8-4-3-5-17-40-18-6-9-25(40)22-43-19-7-14-33(35,36)34(37,38)39/h10-11,21,23,25,28-30,41-42H,3-9,12-20,22H2,1-2H3/t23-,25+,28-,29+,30-,31+,32+/m1/s1. The number of fused-ring (bicyclic) bond motifs is 5. The van der Waals surface area contributed by atoms with Crippen LogP contribution in [0.1, 0.15) is 108 Å². The van der Waals surface area contributed by atoms with E-state index in [9.17, 15) is 32.2 Å². The predicted molar refractivity (Wildman–Crippen MR) is 163 cm³/mol. The molecule has 3 nitrogen and oxygen atoms in total. The van der Waals surface area contributed by atoms with Crippen molar-refractivity contribution in [3.8, 4) is 5.75 Å². The van der Waals surface area contributed by atoms with Crippen LogP contribution in [0.15, 0.2) is 18.2 Å². The number of aromatic hydroxyl groups is 1. The summed E-state index contributed by atoms with van der Waals surface area (Å²) in [7, 11) is 0. The van der Waals surface area contributed by atoms with E-state index in [1.54, 1.807) is 0 Å². The number of likely N-dealkylation sites (tertiary alicyclic amines) is 1. The lowest BCUT2D eigenvalue weighted by atomic mass is 9.50. The summed E-state index contributed by atoms with van der Waals surface area (Å²) in [5.41, 5.74) is 2.07. The Hall–Kier alpha value is -1.06. The van der Waals surface area contributed by atoms with Gasteiger partial charge in [0, 0.05) is 18.2 Å². The van der Waals surface area contributed by atoms with Crippen LogP contribution in [0.5, 0.6) is 5.75 Å². The van der Waals surface area contributed by atoms with E-state index in [0.29, 0.717) is 41.2 Å². The summed E-state index contributed by atoms with van der Waals surface area (Å²) < 4.78 is 63.4. The van der Waals surface area contributed by atoms with Crippen molar-refractivity contribution in [1.82, 2.24) is 4.90 Å². The maximum atomic E-state index is 13.1. The second kappa shape index (κ2) is 13.0. The Morgan fingerprint density at radius 3 is 2.56 bits per heavy atom. The summed E-state index contributed by atoms with van der Waals surface area (Å²) >= 11 is 1.50. The molecule has 1 aliphatic heterocycles. The molecule has 0 radical (unpaired) electrons. The third-order valence-corrected chi connectivity index (χ3v) is 13.2. The monoisotopic (exact) mass is 631 g/mol. The highest BCUT2D eigenvalue weighted by molar-refractivity contribution is 7.99. The fourth-order valence-electron chi connectivity index (χ4n) is 9.34. The number of hydrogen-bond donors (Lipinski definition) is 2. The first-order chi connectivity index (χ1) is 20.2. The van der Waals surface area contributed by atoms with Crippen molar-refractivity contribution < 1.29 is 32.2 Å². The number of aliphatic hydroxyl groups is 1. The van der Waals surface area contributed by atoms with Crippen LogP contribution in [0.2, 0.25) is 0 Å². The molecule has 0 unspecified atom stereocenters. The molecule has 1 aromatic rings. The van der Waals surface area contributed by atoms with E-state index in [1.807, 2.05) is 19.1 Å². The van der Waals surface area contributed by atoms with Crippen molar-refractivity contribution in [2.24, 2.45) is 23.2 Å². The highest BCUT2D eigenvalue weighted by Crippen LogP contribution is 2.65. The molecule has 3 aliphatic carbocycles. The number of phenolic OH excluding ortho intramolecular Hbond substituents is 1. The van der Waals surface area contributed by atoms with E-state index in [1.165, 1.54) is 22.9 Å². The van der Waals surface area contributed by atoms with E-state index in [-0.39, 0.29) is 11.8 Å². The predicted octanol–water partition coefficient (Wildman–Crippen LogP) is 8.96. The normalized spacial score (nSPS) is 34.7. The molecule has 1 saturated heterocycles. The number of alkyl halides is 5. The molecular weight excluding hydrogens is 581 g/mol. The van der Waals surface area contributed by atoms with Crippen LogP contribution in [-0.4, -0.2) is 63.4 Å². The summed E-state index contributed by atoms with van der Waals surface area (Å²) in [6.45, 7) is 6.42. The van der Waals surface area contributed by atoms with Gasteiger partial charge in [-0.25, -0.2) is 0 Å². The molecule has 9 heteroatoms. The zero-order valence-electron chi connectivity index (χ0n) is 25.8. The molecule has 2 N–H and O–H groups in total. The molecule has 244 valence electrons. The van der Waals surface area contributed by atoms with Gasteiger partial charge in [-0.1, -0.05) is 25.8 Å². The van der Waals surface area contributed by atoms with Gasteiger partial charge in [0.05, 0.1) is 5.60 Å². The number of nitrogens with zero attached hydrogens (tertiary/aromatic N) is 1. The van der Waals surface area contributed by atoms with Crippen LogP contribution in [0.4, 0.5) is 22.0 Å². The van der Waals surface area contributed by atoms with Crippen molar-refractivity contribution in [1.29, 1.82) is 0 Å². The Kier molecular flexibility index (Phi) is 10.1. The topological polar surface area (TPSA) is 43.7 Å². The average molecular weight is 632 g/mol. The van der Waals surface area contributed by atoms with Gasteiger partial charge in [0.2, 0.25) is 0 Å². The van der Waals surface area contributed by atoms with Gasteiger partial charge >= 0.3 is 12.1 Å². The lowest BCUT2D eigenvalue weighted by Gasteiger charge is -2.55. The minimum atomic E-state index is -5.46. The van der Waals surface area contributed by atoms with Crippen LogP contribution in [0, 0.1) is 23.2 Å². The number of unbranched alkanes of at least 4 members (excludes halogenated alkanes) is 2. The zero-order chi connectivity index (χ0) is 31.0. The molecule has 7 atom stereocenters. The van der Waals surface area contributed by atoms with Gasteiger partial charge in [0.15, 0.2) is 0 Å². The average Bonchev–Trinajstić information content (AvgIpc) is 3.47. The van der Waals surface area contributed by atoms with E-state index < -0.39 is 24.1 Å². The van der Waals surface area contributed by atoms with Gasteiger partial charge in [-0.3, -0.25) is 4.90 Å². The third-order valence-electron chi connectivity index (χ3n) is 12.0. The summed E-state index contributed by atoms with van der Waals surface area (Å²) in [5, 5.41) is 21.6. The molecule has 1 heterocycles. The molecule has 3 fully saturated rings. The van der Waals surface area contributed by atoms with Gasteiger partial charge < -0.3 is 10.2 Å². The quantitative estimate of drug-likeness (QED) is 0.179. The third kappa shape index (κ3) is 6.89. The molecule has 4 aliphatic rings. The van der Waals surface area contributed by atoms with Crippen LogP contribution in [0.3, 0.4) is 0 Å². The van der Waals surface area contributed by atoms with Gasteiger partial charge in [-0.2, -0.15) is 33.7 Å². The summed E-state index contributed by atoms with van der Waals surface area (Å²) in [6.07, 6.45) is 5.13. The summed E-state index contributed by atoms with van der Waals surface area (Å²) in [5.74, 6) is -0.976. The Morgan fingerprint density at radius 2 is 1.79 bits per heavy atom. The zero-order valence-corrected chi connectivity index (χ0v) is 26.6. The van der Waals surface area contributed by atoms with E-state index >= 15 is 0 Å². The largest absolute Gasteiger partial charge is 0.508 e. The number of hydrogen-bond acceptors (Lipinski definition) is 4. The SMILES string of the molecule is C[C@]1(O)CC[C@H]2[C@@H]3[C@H](CCCCCN4CCC[C@H]4CSCCCC(F)(F)C(F)(F)F)Cc4cc(O)ccc4[C@H]3CC[C@@]21C. The Bertz CT molecular complexity index is 1100. The first-order valence-electron chi connectivity index (χ1n) is 16.5. The van der Waals surface area contributed by atoms with Crippen molar-refractivity contribution >= 4 is 11.8 Å². The fraction of sp³-hybridized carbons (Fsp3) is 0.824. The Morgan fingerprint density at radius 1 is 1.00 bits per heavy atom. The second-order valence-electron chi connectivity index (χ2n) is 14.5. The Balaban J connectivity index is 1.10.